The van der Waals surface area contributed by atoms with Gasteiger partial charge in [0.05, 0.1) is 25.6 Å². The Morgan fingerprint density at radius 1 is 1.39 bits per heavy atom. The summed E-state index contributed by atoms with van der Waals surface area (Å²) in [5, 5.41) is 6.42. The lowest BCUT2D eigenvalue weighted by atomic mass is 10.4. The summed E-state index contributed by atoms with van der Waals surface area (Å²) in [6, 6.07) is 1.61. The van der Waals surface area contributed by atoms with E-state index in [1.165, 1.54) is 0 Å². The van der Waals surface area contributed by atoms with E-state index >= 15 is 0 Å². The van der Waals surface area contributed by atoms with Gasteiger partial charge in [-0.15, -0.1) is 0 Å². The lowest BCUT2D eigenvalue weighted by molar-refractivity contribution is 0.120. The predicted octanol–water partition coefficient (Wildman–Crippen LogP) is 0.886. The lowest BCUT2D eigenvalue weighted by Gasteiger charge is -2.25. The van der Waals surface area contributed by atoms with Crippen molar-refractivity contribution in [3.05, 3.63) is 24.8 Å². The number of aromatic nitrogens is 3. The monoisotopic (exact) mass is 321 g/mol. The molecule has 1 N–H and O–H groups in total. The molecule has 124 valence electrons. The van der Waals surface area contributed by atoms with E-state index in [4.69, 9.17) is 14.0 Å². The fourth-order valence-electron chi connectivity index (χ4n) is 2.23. The molecule has 1 saturated heterocycles. The van der Waals surface area contributed by atoms with Crippen molar-refractivity contribution < 1.29 is 18.8 Å². The number of carbonyl (C=O) groups excluding carboxylic acids is 1. The van der Waals surface area contributed by atoms with Gasteiger partial charge in [-0.05, 0) is 11.6 Å². The van der Waals surface area contributed by atoms with Crippen LogP contribution in [0.15, 0.2) is 29.3 Å². The Kier molecular flexibility index (Phi) is 5.09. The maximum absolute atomic E-state index is 11.7. The molecule has 0 aliphatic carbocycles. The molecule has 9 nitrogen and oxygen atoms in total. The molecule has 0 aromatic carbocycles. The number of ether oxygens (including phenoxy) is 2. The highest BCUT2D eigenvalue weighted by molar-refractivity contribution is 5.69. The smallest absolute Gasteiger partial charge is 0.388 e. The Hall–Kier alpha value is -2.55. The van der Waals surface area contributed by atoms with Gasteiger partial charge in [-0.25, -0.2) is 9.78 Å². The van der Waals surface area contributed by atoms with E-state index in [2.05, 4.69) is 15.5 Å². The Bertz CT molecular complexity index is 606. The molecule has 0 radical (unpaired) electrons. The number of anilines is 1. The number of morpholine rings is 1. The van der Waals surface area contributed by atoms with Crippen LogP contribution >= 0.6 is 0 Å². The van der Waals surface area contributed by atoms with E-state index in [-0.39, 0.29) is 5.88 Å². The second-order valence-corrected chi connectivity index (χ2v) is 5.07. The molecule has 23 heavy (non-hydrogen) atoms. The molecular formula is C14H19N5O4. The maximum Gasteiger partial charge on any atom is 0.414 e. The van der Waals surface area contributed by atoms with Crippen molar-refractivity contribution >= 4 is 12.0 Å². The summed E-state index contributed by atoms with van der Waals surface area (Å²) in [5.41, 5.74) is 0. The third-order valence-corrected chi connectivity index (χ3v) is 3.42. The highest BCUT2D eigenvalue weighted by Crippen LogP contribution is 2.21. The minimum absolute atomic E-state index is 0.151. The molecule has 1 aliphatic rings. The minimum atomic E-state index is -0.544. The second kappa shape index (κ2) is 7.63. The fraction of sp³-hybridized carbons (Fsp3) is 0.500. The van der Waals surface area contributed by atoms with E-state index in [9.17, 15) is 4.79 Å². The van der Waals surface area contributed by atoms with Gasteiger partial charge in [0.2, 0.25) is 5.88 Å². The molecule has 0 spiro atoms. The van der Waals surface area contributed by atoms with Gasteiger partial charge in [-0.2, -0.15) is 0 Å². The first kappa shape index (κ1) is 15.3. The van der Waals surface area contributed by atoms with Crippen LogP contribution in [-0.4, -0.2) is 53.6 Å². The molecule has 1 fully saturated rings. The predicted molar refractivity (Wildman–Crippen MR) is 80.4 cm³/mol. The number of hydrogen-bond acceptors (Lipinski definition) is 7. The van der Waals surface area contributed by atoms with E-state index in [0.29, 0.717) is 25.6 Å². The molecule has 9 heteroatoms. The highest BCUT2D eigenvalue weighted by atomic mass is 16.6. The maximum atomic E-state index is 11.7. The van der Waals surface area contributed by atoms with Crippen LogP contribution in [0.1, 0.15) is 6.42 Å². The molecule has 0 bridgehead atoms. The van der Waals surface area contributed by atoms with Gasteiger partial charge >= 0.3 is 6.09 Å². The molecule has 0 saturated carbocycles. The van der Waals surface area contributed by atoms with Crippen LogP contribution in [-0.2, 0) is 11.3 Å². The van der Waals surface area contributed by atoms with E-state index in [1.807, 2.05) is 15.7 Å². The van der Waals surface area contributed by atoms with Gasteiger partial charge in [0.25, 0.3) is 5.88 Å². The van der Waals surface area contributed by atoms with Gasteiger partial charge in [-0.1, -0.05) is 0 Å². The summed E-state index contributed by atoms with van der Waals surface area (Å²) in [6.07, 6.45) is 5.57. The summed E-state index contributed by atoms with van der Waals surface area (Å²) >= 11 is 0. The Morgan fingerprint density at radius 3 is 3.04 bits per heavy atom. The molecule has 3 heterocycles. The average Bonchev–Trinajstić information content (AvgIpc) is 3.24. The Balaban J connectivity index is 1.38. The number of nitrogens with zero attached hydrogens (tertiary/aromatic N) is 4. The van der Waals surface area contributed by atoms with Crippen LogP contribution in [0.25, 0.3) is 0 Å². The third-order valence-electron chi connectivity index (χ3n) is 3.42. The first-order chi connectivity index (χ1) is 11.3. The minimum Gasteiger partial charge on any atom is -0.388 e. The average molecular weight is 321 g/mol. The summed E-state index contributed by atoms with van der Waals surface area (Å²) in [5.74, 6) is 0.731. The summed E-state index contributed by atoms with van der Waals surface area (Å²) in [6.45, 7) is 4.04. The number of amides is 1. The van der Waals surface area contributed by atoms with Crippen LogP contribution in [0.2, 0.25) is 0 Å². The number of nitrogens with one attached hydrogen (secondary N) is 1. The van der Waals surface area contributed by atoms with Gasteiger partial charge in [0, 0.05) is 38.6 Å². The first-order valence-electron chi connectivity index (χ1n) is 7.52. The number of aryl methyl sites for hydroxylation is 1. The van der Waals surface area contributed by atoms with Crippen LogP contribution in [0.5, 0.6) is 5.88 Å². The largest absolute Gasteiger partial charge is 0.414 e. The standard InChI is InChI=1S/C14H19N5O4/c20-14(16-2-1-4-18-5-3-15-11-18)22-12-10-13(23-17-12)19-6-8-21-9-7-19/h3,5,10-11H,1-2,4,6-9H2,(H,16,20). The summed E-state index contributed by atoms with van der Waals surface area (Å²) in [4.78, 5) is 17.6. The molecular weight excluding hydrogens is 302 g/mol. The fourth-order valence-corrected chi connectivity index (χ4v) is 2.23. The van der Waals surface area contributed by atoms with Crippen molar-refractivity contribution in [2.45, 2.75) is 13.0 Å². The van der Waals surface area contributed by atoms with Crippen molar-refractivity contribution in [1.82, 2.24) is 20.0 Å². The summed E-state index contributed by atoms with van der Waals surface area (Å²) in [7, 11) is 0. The topological polar surface area (TPSA) is 94.7 Å². The van der Waals surface area contributed by atoms with Crippen LogP contribution in [0.4, 0.5) is 10.7 Å². The van der Waals surface area contributed by atoms with E-state index < -0.39 is 6.09 Å². The van der Waals surface area contributed by atoms with Crippen molar-refractivity contribution in [3.63, 3.8) is 0 Å². The van der Waals surface area contributed by atoms with Crippen molar-refractivity contribution in [1.29, 1.82) is 0 Å². The van der Waals surface area contributed by atoms with Crippen LogP contribution in [0, 0.1) is 0 Å². The highest BCUT2D eigenvalue weighted by Gasteiger charge is 2.17. The quantitative estimate of drug-likeness (QED) is 0.789. The number of hydrogen-bond donors (Lipinski definition) is 1. The van der Waals surface area contributed by atoms with Gasteiger partial charge in [0.15, 0.2) is 0 Å². The molecule has 2 aromatic rings. The molecule has 0 atom stereocenters. The Labute approximate surface area is 133 Å². The van der Waals surface area contributed by atoms with Crippen LogP contribution in [0.3, 0.4) is 0 Å². The first-order valence-corrected chi connectivity index (χ1v) is 7.52. The molecule has 2 aromatic heterocycles. The van der Waals surface area contributed by atoms with Crippen molar-refractivity contribution in [2.75, 3.05) is 37.7 Å². The van der Waals surface area contributed by atoms with E-state index in [1.54, 1.807) is 18.6 Å². The SMILES string of the molecule is O=C(NCCCn1ccnc1)Oc1cc(N2CCOCC2)on1. The Morgan fingerprint density at radius 2 is 2.26 bits per heavy atom. The van der Waals surface area contributed by atoms with Crippen LogP contribution < -0.4 is 15.0 Å². The van der Waals surface area contributed by atoms with Gasteiger partial charge in [0.1, 0.15) is 0 Å². The summed E-state index contributed by atoms with van der Waals surface area (Å²) < 4.78 is 17.5. The molecule has 3 rings (SSSR count). The van der Waals surface area contributed by atoms with Crippen molar-refractivity contribution in [3.8, 4) is 5.88 Å². The molecule has 1 amide bonds. The normalized spacial score (nSPS) is 14.7. The number of carbonyl (C=O) groups is 1. The van der Waals surface area contributed by atoms with E-state index in [0.717, 1.165) is 26.1 Å². The van der Waals surface area contributed by atoms with Crippen molar-refractivity contribution in [2.24, 2.45) is 0 Å². The second-order valence-electron chi connectivity index (χ2n) is 5.07. The van der Waals surface area contributed by atoms with Gasteiger partial charge < -0.3 is 28.8 Å². The zero-order chi connectivity index (χ0) is 15.9. The molecule has 0 unspecified atom stereocenters. The lowest BCUT2D eigenvalue weighted by Crippen LogP contribution is -2.35. The number of rotatable bonds is 6. The zero-order valence-corrected chi connectivity index (χ0v) is 12.7. The third kappa shape index (κ3) is 4.46. The molecule has 1 aliphatic heterocycles. The zero-order valence-electron chi connectivity index (χ0n) is 12.7. The van der Waals surface area contributed by atoms with Gasteiger partial charge in [-0.3, -0.25) is 0 Å². The number of imidazole rings is 1.